The van der Waals surface area contributed by atoms with Gasteiger partial charge in [-0.1, -0.05) is 40.0 Å². The van der Waals surface area contributed by atoms with Crippen LogP contribution >= 0.6 is 23.2 Å². The summed E-state index contributed by atoms with van der Waals surface area (Å²) in [6.07, 6.45) is 15.3. The van der Waals surface area contributed by atoms with Crippen LogP contribution in [0.3, 0.4) is 0 Å². The molecule has 1 N–H and O–H groups in total. The van der Waals surface area contributed by atoms with Crippen LogP contribution < -0.4 is 12.4 Å². The lowest BCUT2D eigenvalue weighted by molar-refractivity contribution is -0.00000547. The topological polar surface area (TPSA) is 41.6 Å². The summed E-state index contributed by atoms with van der Waals surface area (Å²) in [7, 11) is -0.968. The molecule has 0 aromatic carbocycles. The van der Waals surface area contributed by atoms with E-state index in [2.05, 4.69) is 52.7 Å². The third-order valence-corrected chi connectivity index (χ3v) is 10.00. The highest BCUT2D eigenvalue weighted by Gasteiger charge is 2.36. The Morgan fingerprint density at radius 2 is 1.56 bits per heavy atom. The molecule has 3 nitrogen and oxygen atoms in total. The van der Waals surface area contributed by atoms with Crippen LogP contribution in [0.2, 0.25) is 0 Å². The number of aromatic amines is 1. The molecule has 0 saturated heterocycles. The highest BCUT2D eigenvalue weighted by molar-refractivity contribution is 9.10. The van der Waals surface area contributed by atoms with E-state index in [1.54, 1.807) is 0 Å². The van der Waals surface area contributed by atoms with Crippen molar-refractivity contribution in [3.05, 3.63) is 22.6 Å². The van der Waals surface area contributed by atoms with Gasteiger partial charge >= 0.3 is 0 Å². The van der Waals surface area contributed by atoms with Crippen molar-refractivity contribution in [2.45, 2.75) is 65.5 Å². The molecule has 0 bridgehead atoms. The summed E-state index contributed by atoms with van der Waals surface area (Å²) in [5.41, 5.74) is 1.91. The molecular weight excluding hydrogens is 417 g/mol. The van der Waals surface area contributed by atoms with Gasteiger partial charge in [0, 0.05) is 17.9 Å². The summed E-state index contributed by atoms with van der Waals surface area (Å²) >= 11 is 3.50. The molecule has 6 heteroatoms. The number of aromatic nitrogens is 3. The van der Waals surface area contributed by atoms with E-state index in [0.717, 1.165) is 21.5 Å². The van der Waals surface area contributed by atoms with Gasteiger partial charge in [-0.2, -0.15) is 0 Å². The van der Waals surface area contributed by atoms with Gasteiger partial charge < -0.3 is 17.4 Å². The smallest absolute Gasteiger partial charge is 0.177 e. The van der Waals surface area contributed by atoms with Crippen molar-refractivity contribution in [1.82, 2.24) is 15.0 Å². The number of nitrogens with one attached hydrogen (secondary N) is 1. The van der Waals surface area contributed by atoms with E-state index in [-0.39, 0.29) is 12.4 Å². The van der Waals surface area contributed by atoms with Crippen LogP contribution in [0.4, 0.5) is 0 Å². The lowest BCUT2D eigenvalue weighted by atomic mass is 10.4. The monoisotopic (exact) mass is 447 g/mol. The molecule has 0 aliphatic heterocycles. The van der Waals surface area contributed by atoms with Gasteiger partial charge in [-0.05, 0) is 41.3 Å². The van der Waals surface area contributed by atoms with Crippen LogP contribution in [0.5, 0.6) is 0 Å². The van der Waals surface area contributed by atoms with E-state index in [4.69, 9.17) is 4.98 Å². The van der Waals surface area contributed by atoms with Crippen molar-refractivity contribution in [2.24, 2.45) is 0 Å². The molecule has 0 spiro atoms. The fraction of sp³-hybridized carbons (Fsp3) is 0.684. The van der Waals surface area contributed by atoms with E-state index in [1.165, 1.54) is 63.2 Å². The summed E-state index contributed by atoms with van der Waals surface area (Å²) in [5.74, 6) is 1.16. The Morgan fingerprint density at radius 1 is 1.00 bits per heavy atom. The molecule has 0 atom stereocenters. The van der Waals surface area contributed by atoms with Crippen molar-refractivity contribution >= 4 is 34.4 Å². The number of hydrogen-bond acceptors (Lipinski definition) is 2. The maximum absolute atomic E-state index is 4.80. The fourth-order valence-corrected chi connectivity index (χ4v) is 8.59. The van der Waals surface area contributed by atoms with Crippen molar-refractivity contribution in [2.75, 3.05) is 18.5 Å². The van der Waals surface area contributed by atoms with Gasteiger partial charge in [-0.3, -0.25) is 0 Å². The normalized spacial score (nSPS) is 11.7. The minimum absolute atomic E-state index is 0. The lowest BCUT2D eigenvalue weighted by Gasteiger charge is -2.27. The Morgan fingerprint density at radius 3 is 2.08 bits per heavy atom. The van der Waals surface area contributed by atoms with Crippen LogP contribution in [0.25, 0.3) is 11.2 Å². The van der Waals surface area contributed by atoms with Gasteiger partial charge in [0.2, 0.25) is 0 Å². The molecule has 2 aromatic rings. The van der Waals surface area contributed by atoms with Gasteiger partial charge in [0.25, 0.3) is 0 Å². The number of nitrogens with zero attached hydrogens (tertiary/aromatic N) is 2. The SMILES string of the molecule is CCCC[P+](CCCC)(CCCC)Cc1nc2ncc(Br)cc2[nH]1.[Cl-]. The molecule has 142 valence electrons. The number of pyridine rings is 1. The number of halogens is 2. The van der Waals surface area contributed by atoms with E-state index in [9.17, 15) is 0 Å². The second-order valence-electron chi connectivity index (χ2n) is 6.94. The van der Waals surface area contributed by atoms with E-state index in [1.807, 2.05) is 6.20 Å². The highest BCUT2D eigenvalue weighted by atomic mass is 79.9. The molecule has 2 heterocycles. The average Bonchev–Trinajstić information content (AvgIpc) is 2.97. The molecule has 0 fully saturated rings. The van der Waals surface area contributed by atoms with Gasteiger partial charge in [-0.15, -0.1) is 0 Å². The highest BCUT2D eigenvalue weighted by Crippen LogP contribution is 2.63. The first-order chi connectivity index (χ1) is 11.6. The molecule has 0 amide bonds. The largest absolute Gasteiger partial charge is 1.00 e. The first-order valence-corrected chi connectivity index (χ1v) is 12.8. The predicted molar refractivity (Wildman–Crippen MR) is 112 cm³/mol. The minimum Gasteiger partial charge on any atom is -1.00 e. The quantitative estimate of drug-likeness (QED) is 0.533. The molecule has 0 unspecified atom stereocenters. The molecule has 0 saturated carbocycles. The standard InChI is InChI=1S/C19H32BrN3P.ClH/c1-4-7-10-24(11-8-5-2,12-9-6-3)15-18-22-17-13-16(20)14-21-19(17)23-18;/h13-14H,4-12,15H2,1-3H3,(H,21,22,23);1H/q+1;/p-1. The number of imidazole rings is 1. The summed E-state index contributed by atoms with van der Waals surface area (Å²) in [4.78, 5) is 12.8. The Labute approximate surface area is 168 Å². The molecule has 2 rings (SSSR count). The van der Waals surface area contributed by atoms with Gasteiger partial charge in [0.15, 0.2) is 5.65 Å². The number of hydrogen-bond donors (Lipinski definition) is 1. The van der Waals surface area contributed by atoms with Crippen molar-refractivity contribution < 1.29 is 12.4 Å². The zero-order valence-electron chi connectivity index (χ0n) is 15.8. The van der Waals surface area contributed by atoms with Crippen LogP contribution in [0.1, 0.15) is 65.1 Å². The number of fused-ring (bicyclic) bond motifs is 1. The fourth-order valence-electron chi connectivity index (χ4n) is 3.37. The summed E-state index contributed by atoms with van der Waals surface area (Å²) in [6, 6.07) is 2.09. The van der Waals surface area contributed by atoms with Crippen LogP contribution in [0, 0.1) is 0 Å². The van der Waals surface area contributed by atoms with Crippen molar-refractivity contribution in [1.29, 1.82) is 0 Å². The summed E-state index contributed by atoms with van der Waals surface area (Å²) < 4.78 is 1.01. The van der Waals surface area contributed by atoms with E-state index < -0.39 is 7.26 Å². The molecule has 0 aliphatic rings. The summed E-state index contributed by atoms with van der Waals surface area (Å²) in [5, 5.41) is 0. The second kappa shape index (κ2) is 11.5. The van der Waals surface area contributed by atoms with E-state index in [0.29, 0.717) is 0 Å². The lowest BCUT2D eigenvalue weighted by Crippen LogP contribution is -3.00. The summed E-state index contributed by atoms with van der Waals surface area (Å²) in [6.45, 7) is 6.95. The number of unbranched alkanes of at least 4 members (excludes halogenated alkanes) is 3. The number of rotatable bonds is 11. The third-order valence-electron chi connectivity index (χ3n) is 4.80. The van der Waals surface area contributed by atoms with Crippen molar-refractivity contribution in [3.8, 4) is 0 Å². The molecule has 0 radical (unpaired) electrons. The average molecular weight is 449 g/mol. The third kappa shape index (κ3) is 6.81. The Bertz CT molecular complexity index is 610. The number of H-pyrrole nitrogens is 1. The maximum Gasteiger partial charge on any atom is 0.177 e. The van der Waals surface area contributed by atoms with Crippen LogP contribution in [0.15, 0.2) is 16.7 Å². The first-order valence-electron chi connectivity index (χ1n) is 9.47. The Hall–Kier alpha value is -0.180. The Balaban J connectivity index is 0.00000312. The molecular formula is C19H32BrClN3P. The zero-order chi connectivity index (χ0) is 17.4. The van der Waals surface area contributed by atoms with Gasteiger partial charge in [-0.25, -0.2) is 9.97 Å². The molecule has 2 aromatic heterocycles. The van der Waals surface area contributed by atoms with Crippen molar-refractivity contribution in [3.63, 3.8) is 0 Å². The molecule has 25 heavy (non-hydrogen) atoms. The van der Waals surface area contributed by atoms with Crippen LogP contribution in [-0.2, 0) is 6.16 Å². The maximum atomic E-state index is 4.80. The van der Waals surface area contributed by atoms with E-state index >= 15 is 0 Å². The second-order valence-corrected chi connectivity index (χ2v) is 12.2. The zero-order valence-corrected chi connectivity index (χ0v) is 19.1. The Kier molecular flexibility index (Phi) is 10.5. The first kappa shape index (κ1) is 22.9. The van der Waals surface area contributed by atoms with Gasteiger partial charge in [0.05, 0.1) is 24.0 Å². The minimum atomic E-state index is -0.968. The predicted octanol–water partition coefficient (Wildman–Crippen LogP) is 3.64. The van der Waals surface area contributed by atoms with Gasteiger partial charge in [0.1, 0.15) is 12.0 Å². The van der Waals surface area contributed by atoms with Crippen LogP contribution in [-0.4, -0.2) is 33.4 Å². The molecule has 0 aliphatic carbocycles.